The van der Waals surface area contributed by atoms with E-state index in [-0.39, 0.29) is 30.8 Å². The number of piperidine rings is 1. The molecule has 1 fully saturated rings. The molecule has 0 saturated carbocycles. The maximum absolute atomic E-state index is 12.2. The van der Waals surface area contributed by atoms with Gasteiger partial charge in [0.1, 0.15) is 6.29 Å². The largest absolute Gasteiger partial charge is 0.483 e. The van der Waals surface area contributed by atoms with E-state index >= 15 is 0 Å². The molecule has 1 heterocycles. The fourth-order valence-corrected chi connectivity index (χ4v) is 2.25. The Morgan fingerprint density at radius 2 is 1.83 bits per heavy atom. The molecule has 138 valence electrons. The number of aldehydes is 1. The Kier molecular flexibility index (Phi) is 13.6. The second-order valence-corrected chi connectivity index (χ2v) is 5.97. The summed E-state index contributed by atoms with van der Waals surface area (Å²) in [6.07, 6.45) is 4.96. The third-order valence-electron chi connectivity index (χ3n) is 3.47. The molecule has 0 aromatic rings. The van der Waals surface area contributed by atoms with Gasteiger partial charge in [0.15, 0.2) is 0 Å². The Labute approximate surface area is 143 Å². The van der Waals surface area contributed by atoms with Gasteiger partial charge in [-0.05, 0) is 32.3 Å². The molecule has 0 aromatic carbocycles. The van der Waals surface area contributed by atoms with Gasteiger partial charge in [0.2, 0.25) is 5.78 Å². The van der Waals surface area contributed by atoms with Gasteiger partial charge in [-0.25, -0.2) is 0 Å². The molecule has 1 amide bonds. The molecule has 0 aliphatic carbocycles. The van der Waals surface area contributed by atoms with Gasteiger partial charge in [0.05, 0.1) is 12.0 Å². The van der Waals surface area contributed by atoms with E-state index in [1.807, 2.05) is 6.92 Å². The van der Waals surface area contributed by atoms with Crippen LogP contribution in [-0.4, -0.2) is 60.8 Å². The molecule has 1 rings (SSSR count). The standard InChI is InChI=1S/C13H23NO3.C3H4O.CH2O2/c1-10-7-5-6-8-14(10)12(16)11(15)13(2,3)9-17-4;1-2-3-4;2-1-3/h10H,5-9H2,1-4H3;2-3H,1H2;1H,(H,2,3). The van der Waals surface area contributed by atoms with Crippen LogP contribution in [0.1, 0.15) is 40.0 Å². The van der Waals surface area contributed by atoms with Gasteiger partial charge < -0.3 is 14.7 Å². The van der Waals surface area contributed by atoms with Crippen molar-refractivity contribution < 1.29 is 29.0 Å². The first kappa shape index (κ1) is 24.2. The number of methoxy groups -OCH3 is 1. The number of amides is 1. The predicted octanol–water partition coefficient (Wildman–Crippen LogP) is 1.70. The van der Waals surface area contributed by atoms with Gasteiger partial charge in [0, 0.05) is 19.7 Å². The monoisotopic (exact) mass is 343 g/mol. The number of ketones is 1. The van der Waals surface area contributed by atoms with E-state index in [1.54, 1.807) is 25.9 Å². The number of ether oxygens (including phenoxy) is 1. The summed E-state index contributed by atoms with van der Waals surface area (Å²) in [7, 11) is 1.54. The summed E-state index contributed by atoms with van der Waals surface area (Å²) < 4.78 is 5.00. The van der Waals surface area contributed by atoms with Gasteiger partial charge in [-0.15, -0.1) is 0 Å². The molecule has 7 nitrogen and oxygen atoms in total. The van der Waals surface area contributed by atoms with E-state index in [0.717, 1.165) is 19.3 Å². The number of rotatable bonds is 5. The van der Waals surface area contributed by atoms with E-state index in [2.05, 4.69) is 6.58 Å². The minimum Gasteiger partial charge on any atom is -0.483 e. The average molecular weight is 343 g/mol. The highest BCUT2D eigenvalue weighted by molar-refractivity contribution is 6.38. The molecule has 1 atom stereocenters. The Bertz CT molecular complexity index is 413. The molecular weight excluding hydrogens is 314 g/mol. The van der Waals surface area contributed by atoms with E-state index in [4.69, 9.17) is 19.4 Å². The second-order valence-electron chi connectivity index (χ2n) is 5.97. The average Bonchev–Trinajstić information content (AvgIpc) is 2.55. The van der Waals surface area contributed by atoms with Crippen LogP contribution in [0.4, 0.5) is 0 Å². The van der Waals surface area contributed by atoms with Gasteiger partial charge in [0.25, 0.3) is 12.4 Å². The fourth-order valence-electron chi connectivity index (χ4n) is 2.25. The van der Waals surface area contributed by atoms with Crippen LogP contribution in [0.2, 0.25) is 0 Å². The summed E-state index contributed by atoms with van der Waals surface area (Å²) in [4.78, 5) is 43.4. The maximum atomic E-state index is 12.2. The van der Waals surface area contributed by atoms with Crippen molar-refractivity contribution in [3.05, 3.63) is 12.7 Å². The van der Waals surface area contributed by atoms with Gasteiger partial charge >= 0.3 is 0 Å². The molecule has 1 N–H and O–H groups in total. The number of carbonyl (C=O) groups is 4. The molecular formula is C17H29NO6. The first-order chi connectivity index (χ1) is 11.2. The number of Topliss-reactive ketones (excluding diaryl/α,β-unsaturated/α-hetero) is 1. The summed E-state index contributed by atoms with van der Waals surface area (Å²) in [6.45, 7) is 9.36. The summed E-state index contributed by atoms with van der Waals surface area (Å²) >= 11 is 0. The number of nitrogens with zero attached hydrogens (tertiary/aromatic N) is 1. The fraction of sp³-hybridized carbons (Fsp3) is 0.647. The minimum absolute atomic E-state index is 0.179. The highest BCUT2D eigenvalue weighted by Crippen LogP contribution is 2.22. The van der Waals surface area contributed by atoms with Crippen molar-refractivity contribution in [2.45, 2.75) is 46.1 Å². The number of hydrogen-bond donors (Lipinski definition) is 1. The molecule has 1 unspecified atom stereocenters. The predicted molar refractivity (Wildman–Crippen MR) is 90.6 cm³/mol. The molecule has 0 bridgehead atoms. The van der Waals surface area contributed by atoms with Crippen molar-refractivity contribution in [1.29, 1.82) is 0 Å². The third-order valence-corrected chi connectivity index (χ3v) is 3.47. The minimum atomic E-state index is -0.733. The van der Waals surface area contributed by atoms with Crippen LogP contribution in [0.25, 0.3) is 0 Å². The van der Waals surface area contributed by atoms with Crippen molar-refractivity contribution in [3.8, 4) is 0 Å². The van der Waals surface area contributed by atoms with Crippen LogP contribution >= 0.6 is 0 Å². The molecule has 1 aliphatic rings. The van der Waals surface area contributed by atoms with E-state index in [9.17, 15) is 9.59 Å². The Morgan fingerprint density at radius 3 is 2.21 bits per heavy atom. The van der Waals surface area contributed by atoms with Crippen molar-refractivity contribution >= 4 is 24.4 Å². The molecule has 24 heavy (non-hydrogen) atoms. The summed E-state index contributed by atoms with van der Waals surface area (Å²) in [5, 5.41) is 6.89. The lowest BCUT2D eigenvalue weighted by molar-refractivity contribution is -0.152. The summed E-state index contributed by atoms with van der Waals surface area (Å²) in [5.74, 6) is -0.688. The van der Waals surface area contributed by atoms with Crippen LogP contribution in [0.15, 0.2) is 12.7 Å². The number of carboxylic acid groups (broad SMARTS) is 1. The quantitative estimate of drug-likeness (QED) is 0.463. The molecule has 0 spiro atoms. The molecule has 0 aromatic heterocycles. The first-order valence-electron chi connectivity index (χ1n) is 7.71. The van der Waals surface area contributed by atoms with Crippen LogP contribution in [0.5, 0.6) is 0 Å². The Hall–Kier alpha value is -2.02. The molecule has 7 heteroatoms. The van der Waals surface area contributed by atoms with Gasteiger partial charge in [-0.1, -0.05) is 20.4 Å². The van der Waals surface area contributed by atoms with E-state index in [1.165, 1.54) is 6.08 Å². The summed E-state index contributed by atoms with van der Waals surface area (Å²) in [6, 6.07) is 0.179. The van der Waals surface area contributed by atoms with Crippen LogP contribution < -0.4 is 0 Å². The van der Waals surface area contributed by atoms with E-state index in [0.29, 0.717) is 12.8 Å². The van der Waals surface area contributed by atoms with E-state index < -0.39 is 5.41 Å². The number of likely N-dealkylation sites (tertiary alicyclic amines) is 1. The van der Waals surface area contributed by atoms with Crippen molar-refractivity contribution in [3.63, 3.8) is 0 Å². The topological polar surface area (TPSA) is 101 Å². The molecule has 0 radical (unpaired) electrons. The van der Waals surface area contributed by atoms with Crippen LogP contribution in [0, 0.1) is 5.41 Å². The SMILES string of the molecule is C=CC=O.COCC(C)(C)C(=O)C(=O)N1CCCCC1C.O=CO. The lowest BCUT2D eigenvalue weighted by atomic mass is 9.87. The summed E-state index contributed by atoms with van der Waals surface area (Å²) in [5.41, 5.74) is -0.733. The maximum Gasteiger partial charge on any atom is 0.290 e. The van der Waals surface area contributed by atoms with Crippen LogP contribution in [0.3, 0.4) is 0 Å². The van der Waals surface area contributed by atoms with Crippen LogP contribution in [-0.2, 0) is 23.9 Å². The molecule has 1 aliphatic heterocycles. The number of allylic oxidation sites excluding steroid dienone is 1. The van der Waals surface area contributed by atoms with Gasteiger partial charge in [-0.3, -0.25) is 19.2 Å². The first-order valence-corrected chi connectivity index (χ1v) is 7.71. The number of hydrogen-bond acceptors (Lipinski definition) is 5. The highest BCUT2D eigenvalue weighted by atomic mass is 16.5. The zero-order valence-corrected chi connectivity index (χ0v) is 15.0. The zero-order valence-electron chi connectivity index (χ0n) is 15.0. The lowest BCUT2D eigenvalue weighted by Gasteiger charge is -2.34. The van der Waals surface area contributed by atoms with Crippen molar-refractivity contribution in [1.82, 2.24) is 4.90 Å². The number of carbonyl (C=O) groups excluding carboxylic acids is 3. The smallest absolute Gasteiger partial charge is 0.290 e. The molecule has 1 saturated heterocycles. The zero-order chi connectivity index (χ0) is 19.2. The van der Waals surface area contributed by atoms with Gasteiger partial charge in [-0.2, -0.15) is 0 Å². The lowest BCUT2D eigenvalue weighted by Crippen LogP contribution is -2.49. The van der Waals surface area contributed by atoms with Crippen molar-refractivity contribution in [2.75, 3.05) is 20.3 Å². The normalized spacial score (nSPS) is 16.5. The highest BCUT2D eigenvalue weighted by Gasteiger charge is 2.37. The van der Waals surface area contributed by atoms with Crippen molar-refractivity contribution in [2.24, 2.45) is 5.41 Å². The Balaban J connectivity index is 0. The third kappa shape index (κ3) is 9.19. The second kappa shape index (κ2) is 13.4. The Morgan fingerprint density at radius 1 is 1.33 bits per heavy atom.